The molecule has 0 saturated carbocycles. The molecule has 1 heterocycles. The summed E-state index contributed by atoms with van der Waals surface area (Å²) in [5, 5.41) is 8.90. The Morgan fingerprint density at radius 1 is 1.50 bits per heavy atom. The van der Waals surface area contributed by atoms with E-state index in [-0.39, 0.29) is 12.0 Å². The third kappa shape index (κ3) is 1.92. The van der Waals surface area contributed by atoms with Gasteiger partial charge in [0.05, 0.1) is 17.1 Å². The van der Waals surface area contributed by atoms with Gasteiger partial charge in [-0.15, -0.1) is 0 Å². The summed E-state index contributed by atoms with van der Waals surface area (Å²) >= 11 is 0. The first-order valence-corrected chi connectivity index (χ1v) is 5.26. The second kappa shape index (κ2) is 4.48. The number of hydrogen-bond donors (Lipinski definition) is 1. The van der Waals surface area contributed by atoms with Crippen molar-refractivity contribution in [1.82, 2.24) is 4.73 Å². The average molecular weight is 251 g/mol. The normalized spacial score (nSPS) is 10.6. The molecule has 0 saturated heterocycles. The first-order chi connectivity index (χ1) is 8.54. The summed E-state index contributed by atoms with van der Waals surface area (Å²) < 4.78 is 14.3. The molecule has 0 bridgehead atoms. The van der Waals surface area contributed by atoms with Gasteiger partial charge in [-0.25, -0.2) is 9.18 Å². The third-order valence-corrected chi connectivity index (χ3v) is 2.43. The number of halogens is 1. The van der Waals surface area contributed by atoms with Gasteiger partial charge in [0.2, 0.25) is 5.43 Å². The van der Waals surface area contributed by atoms with Crippen LogP contribution in [0.2, 0.25) is 0 Å². The summed E-state index contributed by atoms with van der Waals surface area (Å²) in [5.41, 5.74) is -0.859. The van der Waals surface area contributed by atoms with Crippen LogP contribution in [-0.2, 0) is 0 Å². The Balaban J connectivity index is 2.87. The highest BCUT2D eigenvalue weighted by Gasteiger charge is 2.15. The second-order valence-electron chi connectivity index (χ2n) is 3.58. The van der Waals surface area contributed by atoms with Gasteiger partial charge in [0.15, 0.2) is 0 Å². The molecule has 0 aliphatic carbocycles. The Kier molecular flexibility index (Phi) is 3.01. The van der Waals surface area contributed by atoms with E-state index in [0.29, 0.717) is 5.52 Å². The molecule has 0 unspecified atom stereocenters. The molecule has 6 heteroatoms. The highest BCUT2D eigenvalue weighted by atomic mass is 19.1. The monoisotopic (exact) mass is 251 g/mol. The minimum Gasteiger partial charge on any atom is -0.477 e. The molecule has 0 spiro atoms. The van der Waals surface area contributed by atoms with Gasteiger partial charge in [0, 0.05) is 0 Å². The average Bonchev–Trinajstić information content (AvgIpc) is 2.32. The standard InChI is InChI=1S/C12H10FNO4/c1-2-18-14-6-9(12(16)17)11(15)8-5-7(13)3-4-10(8)14/h3-6H,2H2,1H3,(H,16,17). The molecule has 1 aromatic carbocycles. The lowest BCUT2D eigenvalue weighted by molar-refractivity contribution is 0.0688. The van der Waals surface area contributed by atoms with Crippen molar-refractivity contribution in [1.29, 1.82) is 0 Å². The molecule has 0 radical (unpaired) electrons. The van der Waals surface area contributed by atoms with E-state index in [9.17, 15) is 14.0 Å². The number of aromatic carboxylic acids is 1. The topological polar surface area (TPSA) is 68.5 Å². The molecule has 0 fully saturated rings. The van der Waals surface area contributed by atoms with Crippen LogP contribution < -0.4 is 10.3 Å². The number of hydrogen-bond acceptors (Lipinski definition) is 3. The van der Waals surface area contributed by atoms with Gasteiger partial charge in [-0.1, -0.05) is 0 Å². The van der Waals surface area contributed by atoms with Gasteiger partial charge >= 0.3 is 5.97 Å². The predicted molar refractivity (Wildman–Crippen MR) is 62.2 cm³/mol. The maximum absolute atomic E-state index is 13.1. The zero-order chi connectivity index (χ0) is 13.3. The summed E-state index contributed by atoms with van der Waals surface area (Å²) in [6.45, 7) is 2.00. The number of pyridine rings is 1. The Morgan fingerprint density at radius 2 is 2.22 bits per heavy atom. The number of carbonyl (C=O) groups is 1. The van der Waals surface area contributed by atoms with Crippen LogP contribution in [0.3, 0.4) is 0 Å². The molecule has 0 atom stereocenters. The van der Waals surface area contributed by atoms with Crippen LogP contribution in [0.5, 0.6) is 0 Å². The van der Waals surface area contributed by atoms with Gasteiger partial charge in [-0.05, 0) is 25.1 Å². The number of rotatable bonds is 3. The molecule has 18 heavy (non-hydrogen) atoms. The fraction of sp³-hybridized carbons (Fsp3) is 0.167. The van der Waals surface area contributed by atoms with Crippen molar-refractivity contribution in [2.24, 2.45) is 0 Å². The third-order valence-electron chi connectivity index (χ3n) is 2.43. The van der Waals surface area contributed by atoms with Crippen molar-refractivity contribution >= 4 is 16.9 Å². The summed E-state index contributed by atoms with van der Waals surface area (Å²) in [6.07, 6.45) is 1.09. The van der Waals surface area contributed by atoms with Crippen molar-refractivity contribution in [2.45, 2.75) is 6.92 Å². The van der Waals surface area contributed by atoms with E-state index in [4.69, 9.17) is 9.94 Å². The first-order valence-electron chi connectivity index (χ1n) is 5.26. The largest absolute Gasteiger partial charge is 0.477 e. The Morgan fingerprint density at radius 3 is 2.83 bits per heavy atom. The first kappa shape index (κ1) is 12.1. The Hall–Kier alpha value is -2.37. The number of carboxylic acids is 1. The minimum atomic E-state index is -1.38. The van der Waals surface area contributed by atoms with Crippen molar-refractivity contribution < 1.29 is 19.1 Å². The summed E-state index contributed by atoms with van der Waals surface area (Å²) in [4.78, 5) is 28.0. The molecule has 2 rings (SSSR count). The van der Waals surface area contributed by atoms with Crippen molar-refractivity contribution in [3.8, 4) is 0 Å². The number of fused-ring (bicyclic) bond motifs is 1. The van der Waals surface area contributed by atoms with E-state index in [1.807, 2.05) is 0 Å². The van der Waals surface area contributed by atoms with E-state index in [0.717, 1.165) is 12.3 Å². The van der Waals surface area contributed by atoms with E-state index in [1.54, 1.807) is 6.92 Å². The van der Waals surface area contributed by atoms with Crippen molar-refractivity contribution in [3.05, 3.63) is 46.0 Å². The number of nitrogens with zero attached hydrogens (tertiary/aromatic N) is 1. The molecule has 94 valence electrons. The molecule has 0 aliphatic heterocycles. The van der Waals surface area contributed by atoms with Gasteiger partial charge in [-0.2, -0.15) is 4.73 Å². The van der Waals surface area contributed by atoms with Gasteiger partial charge in [0.1, 0.15) is 18.0 Å². The fourth-order valence-corrected chi connectivity index (χ4v) is 1.67. The number of carboxylic acid groups (broad SMARTS) is 1. The van der Waals surface area contributed by atoms with Crippen LogP contribution in [0.15, 0.2) is 29.2 Å². The highest BCUT2D eigenvalue weighted by Crippen LogP contribution is 2.13. The molecular weight excluding hydrogens is 241 g/mol. The van der Waals surface area contributed by atoms with Crippen LogP contribution in [-0.4, -0.2) is 22.4 Å². The molecule has 1 N–H and O–H groups in total. The van der Waals surface area contributed by atoms with Crippen molar-refractivity contribution in [3.63, 3.8) is 0 Å². The number of benzene rings is 1. The zero-order valence-corrected chi connectivity index (χ0v) is 9.51. The summed E-state index contributed by atoms with van der Waals surface area (Å²) in [5.74, 6) is -1.98. The van der Waals surface area contributed by atoms with Crippen molar-refractivity contribution in [2.75, 3.05) is 6.61 Å². The Labute approximate surface area is 101 Å². The molecular formula is C12H10FNO4. The van der Waals surface area contributed by atoms with Crippen LogP contribution in [0, 0.1) is 5.82 Å². The lowest BCUT2D eigenvalue weighted by Crippen LogP contribution is -2.22. The van der Waals surface area contributed by atoms with Gasteiger partial charge in [0.25, 0.3) is 0 Å². The van der Waals surface area contributed by atoms with Crippen LogP contribution in [0.25, 0.3) is 10.9 Å². The van der Waals surface area contributed by atoms with E-state index in [1.165, 1.54) is 16.9 Å². The fourth-order valence-electron chi connectivity index (χ4n) is 1.67. The smallest absolute Gasteiger partial charge is 0.341 e. The van der Waals surface area contributed by atoms with E-state index >= 15 is 0 Å². The Bertz CT molecular complexity index is 678. The molecule has 2 aromatic rings. The molecule has 5 nitrogen and oxygen atoms in total. The lowest BCUT2D eigenvalue weighted by Gasteiger charge is -2.11. The number of aromatic nitrogens is 1. The second-order valence-corrected chi connectivity index (χ2v) is 3.58. The maximum atomic E-state index is 13.1. The van der Waals surface area contributed by atoms with E-state index < -0.39 is 22.8 Å². The highest BCUT2D eigenvalue weighted by molar-refractivity contribution is 5.92. The minimum absolute atomic E-state index is 0.0247. The van der Waals surface area contributed by atoms with Gasteiger partial charge in [-0.3, -0.25) is 4.79 Å². The maximum Gasteiger partial charge on any atom is 0.341 e. The quantitative estimate of drug-likeness (QED) is 0.892. The van der Waals surface area contributed by atoms with Gasteiger partial charge < -0.3 is 9.94 Å². The summed E-state index contributed by atoms with van der Waals surface area (Å²) in [7, 11) is 0. The molecule has 1 aromatic heterocycles. The van der Waals surface area contributed by atoms with Crippen LogP contribution in [0.4, 0.5) is 4.39 Å². The SMILES string of the molecule is CCOn1cc(C(=O)O)c(=O)c2cc(F)ccc21. The lowest BCUT2D eigenvalue weighted by atomic mass is 10.1. The predicted octanol–water partition coefficient (Wildman–Crippen LogP) is 1.29. The molecule has 0 amide bonds. The molecule has 0 aliphatic rings. The summed E-state index contributed by atoms with van der Waals surface area (Å²) in [6, 6.07) is 3.55. The zero-order valence-electron chi connectivity index (χ0n) is 9.51. The van der Waals surface area contributed by atoms with Crippen LogP contribution >= 0.6 is 0 Å². The van der Waals surface area contributed by atoms with Crippen LogP contribution in [0.1, 0.15) is 17.3 Å². The van der Waals surface area contributed by atoms with E-state index in [2.05, 4.69) is 0 Å².